The molecule has 2 heterocycles. The zero-order valence-corrected chi connectivity index (χ0v) is 9.68. The van der Waals surface area contributed by atoms with E-state index in [0.717, 1.165) is 27.9 Å². The molecule has 0 fully saturated rings. The molecular weight excluding hydrogens is 222 g/mol. The zero-order valence-electron chi connectivity index (χ0n) is 9.68. The van der Waals surface area contributed by atoms with Crippen molar-refractivity contribution in [3.8, 4) is 11.5 Å². The van der Waals surface area contributed by atoms with E-state index in [-0.39, 0.29) is 0 Å². The van der Waals surface area contributed by atoms with Crippen molar-refractivity contribution in [1.82, 2.24) is 4.98 Å². The highest BCUT2D eigenvalue weighted by Crippen LogP contribution is 2.29. The van der Waals surface area contributed by atoms with Gasteiger partial charge in [0.25, 0.3) is 0 Å². The Morgan fingerprint density at radius 3 is 2.39 bits per heavy atom. The lowest BCUT2D eigenvalue weighted by atomic mass is 10.2. The molecule has 0 atom stereocenters. The van der Waals surface area contributed by atoms with Crippen molar-refractivity contribution in [2.45, 2.75) is 0 Å². The van der Waals surface area contributed by atoms with E-state index >= 15 is 0 Å². The molecule has 0 aliphatic carbocycles. The molecule has 2 aromatic carbocycles. The molecule has 2 nitrogen and oxygen atoms in total. The number of para-hydroxylation sites is 2. The van der Waals surface area contributed by atoms with Crippen LogP contribution in [-0.4, -0.2) is 4.98 Å². The van der Waals surface area contributed by atoms with Crippen LogP contribution in [0.25, 0.3) is 33.3 Å². The molecule has 0 amide bonds. The quantitative estimate of drug-likeness (QED) is 0.512. The second kappa shape index (κ2) is 3.50. The van der Waals surface area contributed by atoms with E-state index in [9.17, 15) is 0 Å². The average molecular weight is 233 g/mol. The van der Waals surface area contributed by atoms with Gasteiger partial charge in [0.05, 0.1) is 5.69 Å². The van der Waals surface area contributed by atoms with Gasteiger partial charge in [-0.05, 0) is 24.3 Å². The summed E-state index contributed by atoms with van der Waals surface area (Å²) in [4.78, 5) is 3.38. The first-order valence-electron chi connectivity index (χ1n) is 5.97. The number of hydrogen-bond acceptors (Lipinski definition) is 1. The molecule has 0 bridgehead atoms. The van der Waals surface area contributed by atoms with Gasteiger partial charge < -0.3 is 9.40 Å². The number of nitrogens with one attached hydrogen (secondary N) is 1. The summed E-state index contributed by atoms with van der Waals surface area (Å²) in [6.45, 7) is 0. The predicted molar refractivity (Wildman–Crippen MR) is 73.5 cm³/mol. The monoisotopic (exact) mass is 233 g/mol. The van der Waals surface area contributed by atoms with Crippen molar-refractivity contribution in [2.75, 3.05) is 0 Å². The maximum Gasteiger partial charge on any atom is 0.151 e. The Morgan fingerprint density at radius 1 is 0.778 bits per heavy atom. The molecule has 0 saturated heterocycles. The van der Waals surface area contributed by atoms with Gasteiger partial charge in [-0.1, -0.05) is 36.4 Å². The first-order chi connectivity index (χ1) is 8.90. The van der Waals surface area contributed by atoms with Crippen LogP contribution in [0.15, 0.2) is 65.1 Å². The molecule has 0 spiro atoms. The van der Waals surface area contributed by atoms with Crippen molar-refractivity contribution in [3.05, 3.63) is 60.7 Å². The third kappa shape index (κ3) is 1.36. The lowest BCUT2D eigenvalue weighted by Gasteiger charge is -1.89. The Kier molecular flexibility index (Phi) is 1.86. The summed E-state index contributed by atoms with van der Waals surface area (Å²) in [5, 5.41) is 2.33. The van der Waals surface area contributed by atoms with Crippen molar-refractivity contribution >= 4 is 21.9 Å². The summed E-state index contributed by atoms with van der Waals surface area (Å²) in [6.07, 6.45) is 0. The van der Waals surface area contributed by atoms with Crippen molar-refractivity contribution in [1.29, 1.82) is 0 Å². The van der Waals surface area contributed by atoms with E-state index in [0.29, 0.717) is 0 Å². The number of hydrogen-bond donors (Lipinski definition) is 1. The molecule has 2 heteroatoms. The number of aromatic amines is 1. The second-order valence-electron chi connectivity index (χ2n) is 4.42. The topological polar surface area (TPSA) is 28.9 Å². The fourth-order valence-corrected chi connectivity index (χ4v) is 2.32. The highest BCUT2D eigenvalue weighted by atomic mass is 16.3. The molecule has 0 saturated carbocycles. The molecule has 1 N–H and O–H groups in total. The van der Waals surface area contributed by atoms with E-state index < -0.39 is 0 Å². The van der Waals surface area contributed by atoms with Crippen LogP contribution in [0.5, 0.6) is 0 Å². The van der Waals surface area contributed by atoms with Crippen molar-refractivity contribution < 1.29 is 4.42 Å². The van der Waals surface area contributed by atoms with Gasteiger partial charge in [0.15, 0.2) is 5.76 Å². The van der Waals surface area contributed by atoms with Gasteiger partial charge in [-0.25, -0.2) is 0 Å². The minimum atomic E-state index is 0.882. The zero-order chi connectivity index (χ0) is 11.9. The van der Waals surface area contributed by atoms with Gasteiger partial charge >= 0.3 is 0 Å². The highest BCUT2D eigenvalue weighted by Gasteiger charge is 2.08. The summed E-state index contributed by atoms with van der Waals surface area (Å²) in [5.74, 6) is 0.882. The predicted octanol–water partition coefficient (Wildman–Crippen LogP) is 4.58. The first-order valence-corrected chi connectivity index (χ1v) is 5.97. The van der Waals surface area contributed by atoms with Crippen LogP contribution in [0.3, 0.4) is 0 Å². The summed E-state index contributed by atoms with van der Waals surface area (Å²) in [5.41, 5.74) is 3.08. The fraction of sp³-hybridized carbons (Fsp3) is 0. The number of furan rings is 1. The third-order valence-electron chi connectivity index (χ3n) is 3.22. The van der Waals surface area contributed by atoms with Crippen LogP contribution < -0.4 is 0 Å². The smallest absolute Gasteiger partial charge is 0.151 e. The van der Waals surface area contributed by atoms with Gasteiger partial charge in [-0.15, -0.1) is 0 Å². The largest absolute Gasteiger partial charge is 0.455 e. The highest BCUT2D eigenvalue weighted by molar-refractivity contribution is 5.88. The summed E-state index contributed by atoms with van der Waals surface area (Å²) in [6, 6.07) is 20.5. The first kappa shape index (κ1) is 9.54. The van der Waals surface area contributed by atoms with Crippen LogP contribution in [0.2, 0.25) is 0 Å². The average Bonchev–Trinajstić information content (AvgIpc) is 3.02. The Hall–Kier alpha value is -2.48. The van der Waals surface area contributed by atoms with E-state index in [1.165, 1.54) is 5.39 Å². The Labute approximate surface area is 104 Å². The van der Waals surface area contributed by atoms with Gasteiger partial charge in [-0.2, -0.15) is 0 Å². The maximum atomic E-state index is 5.85. The van der Waals surface area contributed by atoms with Gasteiger partial charge in [0.1, 0.15) is 5.58 Å². The van der Waals surface area contributed by atoms with Gasteiger partial charge in [0, 0.05) is 16.3 Å². The van der Waals surface area contributed by atoms with Crippen molar-refractivity contribution in [2.24, 2.45) is 0 Å². The van der Waals surface area contributed by atoms with Crippen LogP contribution in [-0.2, 0) is 0 Å². The molecule has 18 heavy (non-hydrogen) atoms. The van der Waals surface area contributed by atoms with E-state index in [1.54, 1.807) is 0 Å². The summed E-state index contributed by atoms with van der Waals surface area (Å²) in [7, 11) is 0. The van der Waals surface area contributed by atoms with Crippen molar-refractivity contribution in [3.63, 3.8) is 0 Å². The van der Waals surface area contributed by atoms with Gasteiger partial charge in [0.2, 0.25) is 0 Å². The fourth-order valence-electron chi connectivity index (χ4n) is 2.32. The standard InChI is InChI=1S/C16H11NO/c1-3-7-13-11(5-1)9-14(17-13)16-10-12-6-2-4-8-15(12)18-16/h1-10,17H. The second-order valence-corrected chi connectivity index (χ2v) is 4.42. The number of rotatable bonds is 1. The molecule has 2 aromatic heterocycles. The lowest BCUT2D eigenvalue weighted by molar-refractivity contribution is 0.629. The SMILES string of the molecule is c1ccc2[nH]c(-c3cc4ccccc4o3)cc2c1. The molecule has 0 unspecified atom stereocenters. The Bertz CT molecular complexity index is 700. The normalized spacial score (nSPS) is 11.3. The minimum absolute atomic E-state index is 0.882. The molecule has 0 radical (unpaired) electrons. The van der Waals surface area contributed by atoms with Crippen LogP contribution in [0.1, 0.15) is 0 Å². The maximum absolute atomic E-state index is 5.85. The minimum Gasteiger partial charge on any atom is -0.455 e. The number of fused-ring (bicyclic) bond motifs is 2. The Balaban J connectivity index is 1.95. The number of benzene rings is 2. The molecule has 0 aliphatic heterocycles. The third-order valence-corrected chi connectivity index (χ3v) is 3.22. The van der Waals surface area contributed by atoms with E-state index in [2.05, 4.69) is 35.3 Å². The molecule has 4 rings (SSSR count). The van der Waals surface area contributed by atoms with E-state index in [1.807, 2.05) is 30.3 Å². The lowest BCUT2D eigenvalue weighted by Crippen LogP contribution is -1.70. The Morgan fingerprint density at radius 2 is 1.56 bits per heavy atom. The van der Waals surface area contributed by atoms with Gasteiger partial charge in [-0.3, -0.25) is 0 Å². The summed E-state index contributed by atoms with van der Waals surface area (Å²) < 4.78 is 5.85. The van der Waals surface area contributed by atoms with E-state index in [4.69, 9.17) is 4.42 Å². The molecule has 86 valence electrons. The molecular formula is C16H11NO. The van der Waals surface area contributed by atoms with Crippen LogP contribution >= 0.6 is 0 Å². The molecule has 4 aromatic rings. The summed E-state index contributed by atoms with van der Waals surface area (Å²) >= 11 is 0. The van der Waals surface area contributed by atoms with Crippen LogP contribution in [0.4, 0.5) is 0 Å². The van der Waals surface area contributed by atoms with Crippen LogP contribution in [0, 0.1) is 0 Å². The molecule has 0 aliphatic rings. The number of H-pyrrole nitrogens is 1. The number of aromatic nitrogens is 1.